The second-order valence-electron chi connectivity index (χ2n) is 13.7. The van der Waals surface area contributed by atoms with Crippen LogP contribution in [0.15, 0.2) is 48.6 Å². The van der Waals surface area contributed by atoms with Gasteiger partial charge in [-0.2, -0.15) is 0 Å². The van der Waals surface area contributed by atoms with Crippen LogP contribution in [0, 0.1) is 0 Å². The highest BCUT2D eigenvalue weighted by molar-refractivity contribution is 5.73. The monoisotopic (exact) mass is 750 g/mol. The molecule has 1 aliphatic rings. The zero-order valence-electron chi connectivity index (χ0n) is 32.5. The molecule has 1 aliphatic heterocycles. The molecule has 0 aliphatic carbocycles. The van der Waals surface area contributed by atoms with Crippen LogP contribution in [0.25, 0.3) is 0 Å². The number of carbonyl (C=O) groups excluding carboxylic acids is 2. The van der Waals surface area contributed by atoms with E-state index in [1.807, 2.05) is 0 Å². The molecule has 0 aromatic rings. The average Bonchev–Trinajstić information content (AvgIpc) is 3.14. The molecule has 6 unspecified atom stereocenters. The maximum Gasteiger partial charge on any atom is 0.335 e. The van der Waals surface area contributed by atoms with Crippen molar-refractivity contribution in [1.82, 2.24) is 0 Å². The number of rotatable bonds is 32. The second kappa shape index (κ2) is 32.6. The Morgan fingerprint density at radius 3 is 1.68 bits per heavy atom. The van der Waals surface area contributed by atoms with Crippen LogP contribution in [0.3, 0.4) is 0 Å². The molecule has 304 valence electrons. The summed E-state index contributed by atoms with van der Waals surface area (Å²) in [6, 6.07) is 0. The van der Waals surface area contributed by atoms with Gasteiger partial charge in [0, 0.05) is 12.8 Å². The molecule has 1 fully saturated rings. The molecule has 4 N–H and O–H groups in total. The van der Waals surface area contributed by atoms with Gasteiger partial charge in [-0.15, -0.1) is 0 Å². The third kappa shape index (κ3) is 25.0. The summed E-state index contributed by atoms with van der Waals surface area (Å²) in [7, 11) is 0. The number of aliphatic hydroxyl groups excluding tert-OH is 3. The van der Waals surface area contributed by atoms with Crippen molar-refractivity contribution in [1.29, 1.82) is 0 Å². The largest absolute Gasteiger partial charge is 0.479 e. The first-order valence-corrected chi connectivity index (χ1v) is 20.2. The van der Waals surface area contributed by atoms with Crippen LogP contribution >= 0.6 is 0 Å². The Bertz CT molecular complexity index is 1070. The molecular weight excluding hydrogens is 680 g/mol. The molecule has 0 saturated carbocycles. The maximum absolute atomic E-state index is 12.7. The smallest absolute Gasteiger partial charge is 0.335 e. The van der Waals surface area contributed by atoms with Crippen LogP contribution < -0.4 is 0 Å². The van der Waals surface area contributed by atoms with Crippen molar-refractivity contribution in [3.05, 3.63) is 48.6 Å². The Kier molecular flexibility index (Phi) is 29.6. The van der Waals surface area contributed by atoms with Crippen LogP contribution in [-0.2, 0) is 33.3 Å². The number of unbranched alkanes of at least 4 members (excludes halogenated alkanes) is 13. The molecule has 6 atom stereocenters. The van der Waals surface area contributed by atoms with Gasteiger partial charge in [-0.05, 0) is 51.4 Å². The van der Waals surface area contributed by atoms with E-state index < -0.39 is 61.3 Å². The number of ether oxygens (including phenoxy) is 4. The van der Waals surface area contributed by atoms with E-state index in [9.17, 15) is 34.8 Å². The predicted octanol–water partition coefficient (Wildman–Crippen LogP) is 7.81. The van der Waals surface area contributed by atoms with Crippen molar-refractivity contribution >= 4 is 17.9 Å². The molecule has 0 spiro atoms. The second-order valence-corrected chi connectivity index (χ2v) is 13.7. The number of carboxylic acids is 1. The molecular formula is C42H70O11. The fraction of sp³-hybridized carbons (Fsp3) is 0.738. The maximum atomic E-state index is 12.7. The quantitative estimate of drug-likeness (QED) is 0.0301. The number of hydrogen-bond donors (Lipinski definition) is 4. The summed E-state index contributed by atoms with van der Waals surface area (Å²) >= 11 is 0. The summed E-state index contributed by atoms with van der Waals surface area (Å²) < 4.78 is 21.6. The van der Waals surface area contributed by atoms with E-state index in [0.717, 1.165) is 70.6 Å². The fourth-order valence-corrected chi connectivity index (χ4v) is 5.75. The van der Waals surface area contributed by atoms with Gasteiger partial charge in [0.05, 0.1) is 6.61 Å². The summed E-state index contributed by atoms with van der Waals surface area (Å²) in [5, 5.41) is 39.7. The van der Waals surface area contributed by atoms with Crippen LogP contribution in [0.4, 0.5) is 0 Å². The van der Waals surface area contributed by atoms with Crippen LogP contribution in [0.2, 0.25) is 0 Å². The van der Waals surface area contributed by atoms with Gasteiger partial charge in [-0.3, -0.25) is 9.59 Å². The predicted molar refractivity (Wildman–Crippen MR) is 206 cm³/mol. The molecule has 1 rings (SSSR count). The SMILES string of the molecule is CC/C=C\C/C=C\C/C=C\C/C=C\CCCCCCC(=O)OCC(COC1OC(C(=O)O)C(O)C(O)C1O)OC(=O)CCCCCCCCCCCC. The first-order valence-electron chi connectivity index (χ1n) is 20.2. The van der Waals surface area contributed by atoms with Gasteiger partial charge in [0.25, 0.3) is 0 Å². The van der Waals surface area contributed by atoms with Crippen molar-refractivity contribution in [3.63, 3.8) is 0 Å². The first kappa shape index (κ1) is 48.2. The molecule has 0 amide bonds. The summed E-state index contributed by atoms with van der Waals surface area (Å²) in [5.41, 5.74) is 0. The van der Waals surface area contributed by atoms with Gasteiger partial charge in [0.15, 0.2) is 18.5 Å². The molecule has 0 radical (unpaired) electrons. The van der Waals surface area contributed by atoms with Crippen LogP contribution in [-0.4, -0.2) is 88.4 Å². The zero-order chi connectivity index (χ0) is 38.9. The molecule has 0 bridgehead atoms. The van der Waals surface area contributed by atoms with E-state index in [0.29, 0.717) is 12.8 Å². The van der Waals surface area contributed by atoms with Crippen molar-refractivity contribution in [2.75, 3.05) is 13.2 Å². The first-order chi connectivity index (χ1) is 25.7. The van der Waals surface area contributed by atoms with Crippen molar-refractivity contribution in [2.45, 2.75) is 185 Å². The number of aliphatic hydroxyl groups is 3. The number of carbonyl (C=O) groups is 3. The normalized spacial score (nSPS) is 21.3. The third-order valence-corrected chi connectivity index (χ3v) is 8.94. The Morgan fingerprint density at radius 1 is 0.604 bits per heavy atom. The van der Waals surface area contributed by atoms with Crippen molar-refractivity contribution in [3.8, 4) is 0 Å². The highest BCUT2D eigenvalue weighted by atomic mass is 16.7. The van der Waals surface area contributed by atoms with Gasteiger partial charge in [0.1, 0.15) is 24.9 Å². The van der Waals surface area contributed by atoms with E-state index in [4.69, 9.17) is 18.9 Å². The molecule has 11 heteroatoms. The van der Waals surface area contributed by atoms with E-state index in [-0.39, 0.29) is 19.4 Å². The summed E-state index contributed by atoms with van der Waals surface area (Å²) in [5.74, 6) is -2.48. The highest BCUT2D eigenvalue weighted by Crippen LogP contribution is 2.23. The van der Waals surface area contributed by atoms with E-state index >= 15 is 0 Å². The Hall–Kier alpha value is -2.83. The third-order valence-electron chi connectivity index (χ3n) is 8.94. The number of aliphatic carboxylic acids is 1. The summed E-state index contributed by atoms with van der Waals surface area (Å²) in [6.45, 7) is 3.63. The Labute approximate surface area is 318 Å². The lowest BCUT2D eigenvalue weighted by molar-refractivity contribution is -0.298. The molecule has 11 nitrogen and oxygen atoms in total. The molecule has 1 heterocycles. The summed E-state index contributed by atoms with van der Waals surface area (Å²) in [6.07, 6.45) is 27.5. The number of hydrogen-bond acceptors (Lipinski definition) is 10. The molecule has 0 aromatic heterocycles. The van der Waals surface area contributed by atoms with Gasteiger partial charge in [0.2, 0.25) is 0 Å². The van der Waals surface area contributed by atoms with Gasteiger partial charge in [-0.1, -0.05) is 133 Å². The van der Waals surface area contributed by atoms with Crippen LogP contribution in [0.5, 0.6) is 0 Å². The molecule has 0 aromatic carbocycles. The molecule has 53 heavy (non-hydrogen) atoms. The van der Waals surface area contributed by atoms with E-state index in [1.165, 1.54) is 38.5 Å². The number of esters is 2. The fourth-order valence-electron chi connectivity index (χ4n) is 5.75. The number of allylic oxidation sites excluding steroid dienone is 8. The van der Waals surface area contributed by atoms with Crippen molar-refractivity contribution < 1.29 is 53.8 Å². The lowest BCUT2D eigenvalue weighted by Gasteiger charge is -2.38. The average molecular weight is 751 g/mol. The lowest BCUT2D eigenvalue weighted by Crippen LogP contribution is -2.60. The molecule has 1 saturated heterocycles. The Balaban J connectivity index is 2.42. The van der Waals surface area contributed by atoms with Gasteiger partial charge < -0.3 is 39.4 Å². The minimum atomic E-state index is -1.86. The number of carboxylic acid groups (broad SMARTS) is 1. The minimum absolute atomic E-state index is 0.177. The topological polar surface area (TPSA) is 169 Å². The highest BCUT2D eigenvalue weighted by Gasteiger charge is 2.47. The summed E-state index contributed by atoms with van der Waals surface area (Å²) in [4.78, 5) is 36.6. The van der Waals surface area contributed by atoms with Crippen LogP contribution in [0.1, 0.15) is 149 Å². The van der Waals surface area contributed by atoms with Gasteiger partial charge >= 0.3 is 17.9 Å². The standard InChI is InChI=1S/C42H70O11/c1-3-5-7-9-11-13-15-16-17-18-19-20-21-23-24-26-28-30-35(43)50-32-34(33-51-42-39(47)37(45)38(46)40(53-42)41(48)49)52-36(44)31-29-27-25-22-14-12-10-8-6-4-2/h5,7,11,13,16-17,19-20,34,37-40,42,45-47H,3-4,6,8-10,12,14-15,18,21-33H2,1-2H3,(H,48,49)/b7-5-,13-11-,17-16-,20-19-. The van der Waals surface area contributed by atoms with Crippen molar-refractivity contribution in [2.24, 2.45) is 0 Å². The zero-order valence-corrected chi connectivity index (χ0v) is 32.5. The minimum Gasteiger partial charge on any atom is -0.479 e. The van der Waals surface area contributed by atoms with E-state index in [1.54, 1.807) is 0 Å². The van der Waals surface area contributed by atoms with Gasteiger partial charge in [-0.25, -0.2) is 4.79 Å². The lowest BCUT2D eigenvalue weighted by atomic mass is 9.99. The Morgan fingerprint density at radius 2 is 1.11 bits per heavy atom. The van der Waals surface area contributed by atoms with E-state index in [2.05, 4.69) is 62.5 Å².